The van der Waals surface area contributed by atoms with Gasteiger partial charge >= 0.3 is 0 Å². The second kappa shape index (κ2) is 14.3. The third-order valence-electron chi connectivity index (χ3n) is 11.9. The Morgan fingerprint density at radius 1 is 0.262 bits per heavy atom. The molecule has 0 N–H and O–H groups in total. The highest BCUT2D eigenvalue weighted by molar-refractivity contribution is 6.12. The van der Waals surface area contributed by atoms with Crippen LogP contribution in [0.1, 0.15) is 0 Å². The lowest BCUT2D eigenvalue weighted by molar-refractivity contribution is 0.669. The van der Waals surface area contributed by atoms with E-state index in [1.807, 2.05) is 30.3 Å². The van der Waals surface area contributed by atoms with Gasteiger partial charge in [0.15, 0.2) is 17.5 Å². The molecule has 61 heavy (non-hydrogen) atoms. The summed E-state index contributed by atoms with van der Waals surface area (Å²) >= 11 is 0. The zero-order chi connectivity index (χ0) is 40.3. The first kappa shape index (κ1) is 34.8. The maximum atomic E-state index is 6.31. The summed E-state index contributed by atoms with van der Waals surface area (Å²) in [4.78, 5) is 15.7. The van der Waals surface area contributed by atoms with Gasteiger partial charge in [0, 0.05) is 27.5 Å². The van der Waals surface area contributed by atoms with Crippen LogP contribution in [0.4, 0.5) is 0 Å². The van der Waals surface area contributed by atoms with Gasteiger partial charge in [0.1, 0.15) is 11.2 Å². The molecule has 2 aromatic heterocycles. The highest BCUT2D eigenvalue weighted by atomic mass is 16.3. The van der Waals surface area contributed by atoms with Crippen LogP contribution in [0.2, 0.25) is 0 Å². The van der Waals surface area contributed by atoms with Crippen LogP contribution in [0.3, 0.4) is 0 Å². The van der Waals surface area contributed by atoms with Crippen LogP contribution in [-0.2, 0) is 0 Å². The number of nitrogens with zero attached hydrogens (tertiary/aromatic N) is 3. The zero-order valence-electron chi connectivity index (χ0n) is 33.0. The van der Waals surface area contributed by atoms with Crippen molar-refractivity contribution in [3.63, 3.8) is 0 Å². The van der Waals surface area contributed by atoms with Crippen molar-refractivity contribution in [1.82, 2.24) is 15.0 Å². The van der Waals surface area contributed by atoms with E-state index in [2.05, 4.69) is 182 Å². The predicted octanol–water partition coefficient (Wildman–Crippen LogP) is 15.2. The summed E-state index contributed by atoms with van der Waals surface area (Å²) in [6.45, 7) is 0. The minimum Gasteiger partial charge on any atom is -0.456 e. The van der Waals surface area contributed by atoms with Gasteiger partial charge in [-0.2, -0.15) is 0 Å². The van der Waals surface area contributed by atoms with Crippen molar-refractivity contribution in [3.05, 3.63) is 212 Å². The Bertz CT molecular complexity index is 3670. The topological polar surface area (TPSA) is 51.8 Å². The summed E-state index contributed by atoms with van der Waals surface area (Å²) in [6, 6.07) is 74.8. The van der Waals surface area contributed by atoms with Crippen molar-refractivity contribution >= 4 is 54.3 Å². The molecule has 284 valence electrons. The molecule has 0 unspecified atom stereocenters. The van der Waals surface area contributed by atoms with Gasteiger partial charge in [-0.05, 0) is 102 Å². The maximum absolute atomic E-state index is 6.31. The predicted molar refractivity (Wildman–Crippen MR) is 252 cm³/mol. The molecule has 4 nitrogen and oxygen atoms in total. The third kappa shape index (κ3) is 6.12. The molecule has 10 aromatic carbocycles. The molecule has 0 spiro atoms. The van der Waals surface area contributed by atoms with Gasteiger partial charge < -0.3 is 4.42 Å². The van der Waals surface area contributed by atoms with E-state index in [4.69, 9.17) is 19.4 Å². The zero-order valence-corrected chi connectivity index (χ0v) is 33.0. The van der Waals surface area contributed by atoms with E-state index >= 15 is 0 Å². The van der Waals surface area contributed by atoms with Crippen LogP contribution in [0.5, 0.6) is 0 Å². The van der Waals surface area contributed by atoms with Gasteiger partial charge in [0.25, 0.3) is 0 Å². The lowest BCUT2D eigenvalue weighted by Crippen LogP contribution is -2.00. The summed E-state index contributed by atoms with van der Waals surface area (Å²) in [6.07, 6.45) is 0. The summed E-state index contributed by atoms with van der Waals surface area (Å²) in [5.74, 6) is 1.79. The van der Waals surface area contributed by atoms with Crippen LogP contribution in [0.15, 0.2) is 217 Å². The number of furan rings is 1. The van der Waals surface area contributed by atoms with Crippen LogP contribution in [-0.4, -0.2) is 15.0 Å². The second-order valence-electron chi connectivity index (χ2n) is 15.6. The molecule has 0 aliphatic heterocycles. The maximum Gasteiger partial charge on any atom is 0.164 e. The molecule has 0 saturated heterocycles. The Labute approximate surface area is 352 Å². The fourth-order valence-corrected chi connectivity index (χ4v) is 8.93. The molecular formula is C57H35N3O. The van der Waals surface area contributed by atoms with E-state index < -0.39 is 0 Å². The first-order valence-electron chi connectivity index (χ1n) is 20.6. The standard InChI is InChI=1S/C57H35N3O/c1-3-20-46-36(12-1)14-9-23-48(46)42-17-8-19-45(35-42)56-58-55(59-57(60-56)51-25-11-27-53-54(51)50-22-5-6-26-52(50)61-53)44-18-7-16-38(34-44)39-28-29-41-33-43(31-30-40(41)32-39)49-24-10-15-37-13-2-4-21-47(37)49/h1-35H. The summed E-state index contributed by atoms with van der Waals surface area (Å²) in [5, 5.41) is 9.30. The molecule has 4 heteroatoms. The second-order valence-corrected chi connectivity index (χ2v) is 15.6. The molecule has 0 aliphatic carbocycles. The average Bonchev–Trinajstić information content (AvgIpc) is 3.72. The highest BCUT2D eigenvalue weighted by Crippen LogP contribution is 2.38. The van der Waals surface area contributed by atoms with Crippen molar-refractivity contribution in [2.45, 2.75) is 0 Å². The molecule has 0 radical (unpaired) electrons. The number of aromatic nitrogens is 3. The van der Waals surface area contributed by atoms with Crippen LogP contribution < -0.4 is 0 Å². The molecule has 2 heterocycles. The van der Waals surface area contributed by atoms with Crippen molar-refractivity contribution < 1.29 is 4.42 Å². The third-order valence-corrected chi connectivity index (χ3v) is 11.9. The Morgan fingerprint density at radius 2 is 0.705 bits per heavy atom. The molecular weight excluding hydrogens is 743 g/mol. The summed E-state index contributed by atoms with van der Waals surface area (Å²) < 4.78 is 6.31. The van der Waals surface area contributed by atoms with Gasteiger partial charge in [-0.25, -0.2) is 15.0 Å². The number of benzene rings is 10. The van der Waals surface area contributed by atoms with Crippen molar-refractivity contribution in [2.24, 2.45) is 0 Å². The monoisotopic (exact) mass is 777 g/mol. The molecule has 0 aliphatic rings. The number of para-hydroxylation sites is 1. The lowest BCUT2D eigenvalue weighted by Gasteiger charge is -2.12. The number of rotatable bonds is 6. The molecule has 0 amide bonds. The van der Waals surface area contributed by atoms with E-state index in [0.29, 0.717) is 17.5 Å². The lowest BCUT2D eigenvalue weighted by atomic mass is 9.94. The Morgan fingerprint density at radius 3 is 1.41 bits per heavy atom. The molecule has 0 fully saturated rings. The Hall–Kier alpha value is -8.21. The smallest absolute Gasteiger partial charge is 0.164 e. The fourth-order valence-electron chi connectivity index (χ4n) is 8.93. The van der Waals surface area contributed by atoms with Crippen LogP contribution in [0, 0.1) is 0 Å². The van der Waals surface area contributed by atoms with Crippen LogP contribution >= 0.6 is 0 Å². The summed E-state index contributed by atoms with van der Waals surface area (Å²) in [7, 11) is 0. The van der Waals surface area contributed by atoms with E-state index in [-0.39, 0.29) is 0 Å². The van der Waals surface area contributed by atoms with Crippen LogP contribution in [0.25, 0.3) is 122 Å². The number of fused-ring (bicyclic) bond motifs is 6. The average molecular weight is 778 g/mol. The first-order valence-corrected chi connectivity index (χ1v) is 20.6. The molecule has 0 atom stereocenters. The Kier molecular flexibility index (Phi) is 8.13. The fraction of sp³-hybridized carbons (Fsp3) is 0. The molecule has 12 aromatic rings. The van der Waals surface area contributed by atoms with Crippen molar-refractivity contribution in [3.8, 4) is 67.5 Å². The van der Waals surface area contributed by atoms with E-state index in [1.165, 1.54) is 43.4 Å². The highest BCUT2D eigenvalue weighted by Gasteiger charge is 2.19. The SMILES string of the molecule is c1cc(-c2ccc3cc(-c4cccc5ccccc45)ccc3c2)cc(-c2nc(-c3cccc(-c4cccc5ccccc45)c3)nc(-c3cccc4oc5ccccc5c34)n2)c1. The van der Waals surface area contributed by atoms with Gasteiger partial charge in [-0.1, -0.05) is 176 Å². The van der Waals surface area contributed by atoms with E-state index in [1.54, 1.807) is 0 Å². The van der Waals surface area contributed by atoms with Crippen molar-refractivity contribution in [1.29, 1.82) is 0 Å². The van der Waals surface area contributed by atoms with Gasteiger partial charge in [0.2, 0.25) is 0 Å². The molecule has 12 rings (SSSR count). The van der Waals surface area contributed by atoms with E-state index in [9.17, 15) is 0 Å². The van der Waals surface area contributed by atoms with Gasteiger partial charge in [0.05, 0.1) is 0 Å². The minimum absolute atomic E-state index is 0.589. The normalized spacial score (nSPS) is 11.6. The quantitative estimate of drug-likeness (QED) is 0.169. The Balaban J connectivity index is 0.983. The molecule has 0 bridgehead atoms. The summed E-state index contributed by atoms with van der Waals surface area (Å²) in [5.41, 5.74) is 11.3. The largest absolute Gasteiger partial charge is 0.456 e. The van der Waals surface area contributed by atoms with Gasteiger partial charge in [-0.3, -0.25) is 0 Å². The minimum atomic E-state index is 0.589. The number of hydrogen-bond acceptors (Lipinski definition) is 4. The number of hydrogen-bond donors (Lipinski definition) is 0. The van der Waals surface area contributed by atoms with Crippen molar-refractivity contribution in [2.75, 3.05) is 0 Å². The van der Waals surface area contributed by atoms with E-state index in [0.717, 1.165) is 60.9 Å². The van der Waals surface area contributed by atoms with Gasteiger partial charge in [-0.15, -0.1) is 0 Å². The molecule has 0 saturated carbocycles. The first-order chi connectivity index (χ1) is 30.2.